The van der Waals surface area contributed by atoms with E-state index in [9.17, 15) is 4.79 Å². The normalized spacial score (nSPS) is 20.5. The van der Waals surface area contributed by atoms with Crippen molar-refractivity contribution >= 4 is 6.09 Å². The van der Waals surface area contributed by atoms with E-state index in [-0.39, 0.29) is 5.41 Å². The number of rotatable bonds is 3. The van der Waals surface area contributed by atoms with Crippen LogP contribution in [0.1, 0.15) is 13.3 Å². The number of nitrogens with two attached hydrogens (primary N) is 1. The molecule has 1 amide bonds. The van der Waals surface area contributed by atoms with E-state index in [0.717, 1.165) is 19.5 Å². The van der Waals surface area contributed by atoms with Crippen LogP contribution in [-0.2, 0) is 4.74 Å². The first-order valence-corrected chi connectivity index (χ1v) is 3.81. The van der Waals surface area contributed by atoms with Crippen molar-refractivity contribution in [1.82, 2.24) is 5.32 Å². The van der Waals surface area contributed by atoms with Crippen LogP contribution in [0.15, 0.2) is 0 Å². The molecule has 4 nitrogen and oxygen atoms in total. The Hall–Kier alpha value is -0.770. The number of ether oxygens (including phenoxy) is 1. The van der Waals surface area contributed by atoms with Gasteiger partial charge in [-0.1, -0.05) is 6.92 Å². The zero-order valence-corrected chi connectivity index (χ0v) is 6.72. The monoisotopic (exact) mass is 158 g/mol. The first-order chi connectivity index (χ1) is 5.18. The van der Waals surface area contributed by atoms with Crippen LogP contribution >= 0.6 is 0 Å². The number of primary amides is 1. The minimum Gasteiger partial charge on any atom is -0.449 e. The number of carbonyl (C=O) groups excluding carboxylic acids is 1. The fourth-order valence-corrected chi connectivity index (χ4v) is 1.16. The van der Waals surface area contributed by atoms with Gasteiger partial charge < -0.3 is 15.8 Å². The highest BCUT2D eigenvalue weighted by Crippen LogP contribution is 2.26. The Morgan fingerprint density at radius 1 is 1.73 bits per heavy atom. The lowest BCUT2D eigenvalue weighted by molar-refractivity contribution is 0.0469. The van der Waals surface area contributed by atoms with Gasteiger partial charge in [0.05, 0.1) is 0 Å². The summed E-state index contributed by atoms with van der Waals surface area (Å²) in [5.74, 6) is 0. The van der Waals surface area contributed by atoms with Gasteiger partial charge in [0.15, 0.2) is 0 Å². The zero-order valence-electron chi connectivity index (χ0n) is 6.72. The average Bonchev–Trinajstić information content (AvgIpc) is 1.86. The summed E-state index contributed by atoms with van der Waals surface area (Å²) < 4.78 is 4.74. The zero-order chi connectivity index (χ0) is 8.32. The average molecular weight is 158 g/mol. The molecule has 0 atom stereocenters. The molecule has 11 heavy (non-hydrogen) atoms. The molecule has 1 aliphatic rings. The number of hydrogen-bond acceptors (Lipinski definition) is 3. The first kappa shape index (κ1) is 8.33. The van der Waals surface area contributed by atoms with Crippen molar-refractivity contribution in [3.8, 4) is 0 Å². The van der Waals surface area contributed by atoms with Gasteiger partial charge in [-0.2, -0.15) is 0 Å². The van der Waals surface area contributed by atoms with Gasteiger partial charge >= 0.3 is 6.09 Å². The van der Waals surface area contributed by atoms with Gasteiger partial charge in [-0.15, -0.1) is 0 Å². The maximum Gasteiger partial charge on any atom is 0.404 e. The second-order valence-corrected chi connectivity index (χ2v) is 3.06. The van der Waals surface area contributed by atoms with Crippen molar-refractivity contribution in [2.45, 2.75) is 13.3 Å². The molecule has 0 spiro atoms. The predicted octanol–water partition coefficient (Wildman–Crippen LogP) is 0.0813. The van der Waals surface area contributed by atoms with E-state index in [4.69, 9.17) is 10.5 Å². The summed E-state index contributed by atoms with van der Waals surface area (Å²) in [5, 5.41) is 3.14. The quantitative estimate of drug-likeness (QED) is 0.611. The van der Waals surface area contributed by atoms with E-state index >= 15 is 0 Å². The molecule has 0 unspecified atom stereocenters. The second kappa shape index (κ2) is 3.09. The minimum absolute atomic E-state index is 0.162. The van der Waals surface area contributed by atoms with Crippen LogP contribution < -0.4 is 11.1 Å². The number of amides is 1. The third-order valence-corrected chi connectivity index (χ3v) is 2.27. The van der Waals surface area contributed by atoms with Crippen LogP contribution in [0.5, 0.6) is 0 Å². The van der Waals surface area contributed by atoms with Crippen molar-refractivity contribution in [2.24, 2.45) is 11.1 Å². The van der Waals surface area contributed by atoms with Crippen LogP contribution in [0.3, 0.4) is 0 Å². The molecule has 1 heterocycles. The lowest BCUT2D eigenvalue weighted by Crippen LogP contribution is -2.56. The predicted molar refractivity (Wildman–Crippen MR) is 41.1 cm³/mol. The fraction of sp³-hybridized carbons (Fsp3) is 0.857. The van der Waals surface area contributed by atoms with Crippen molar-refractivity contribution in [3.05, 3.63) is 0 Å². The van der Waals surface area contributed by atoms with Crippen molar-refractivity contribution < 1.29 is 9.53 Å². The molecular formula is C7H14N2O2. The molecule has 0 aliphatic carbocycles. The maximum absolute atomic E-state index is 10.3. The Morgan fingerprint density at radius 2 is 2.36 bits per heavy atom. The molecule has 0 aromatic heterocycles. The molecule has 1 fully saturated rings. The summed E-state index contributed by atoms with van der Waals surface area (Å²) >= 11 is 0. The van der Waals surface area contributed by atoms with E-state index in [1.165, 1.54) is 0 Å². The Kier molecular flexibility index (Phi) is 2.34. The Bertz CT molecular complexity index is 149. The van der Waals surface area contributed by atoms with Crippen molar-refractivity contribution in [3.63, 3.8) is 0 Å². The van der Waals surface area contributed by atoms with Gasteiger partial charge in [-0.25, -0.2) is 4.79 Å². The molecule has 0 bridgehead atoms. The smallest absolute Gasteiger partial charge is 0.404 e. The highest BCUT2D eigenvalue weighted by Gasteiger charge is 2.36. The summed E-state index contributed by atoms with van der Waals surface area (Å²) in [5.41, 5.74) is 5.01. The van der Waals surface area contributed by atoms with E-state index in [1.54, 1.807) is 0 Å². The molecule has 4 heteroatoms. The lowest BCUT2D eigenvalue weighted by Gasteiger charge is -2.41. The van der Waals surface area contributed by atoms with Crippen molar-refractivity contribution in [1.29, 1.82) is 0 Å². The van der Waals surface area contributed by atoms with E-state index in [1.807, 2.05) is 0 Å². The van der Waals surface area contributed by atoms with E-state index < -0.39 is 6.09 Å². The van der Waals surface area contributed by atoms with Crippen LogP contribution in [0, 0.1) is 5.41 Å². The molecule has 1 saturated heterocycles. The van der Waals surface area contributed by atoms with Crippen LogP contribution in [-0.4, -0.2) is 25.8 Å². The van der Waals surface area contributed by atoms with E-state index in [2.05, 4.69) is 12.2 Å². The molecular weight excluding hydrogens is 144 g/mol. The Morgan fingerprint density at radius 3 is 2.64 bits per heavy atom. The Labute approximate surface area is 66.1 Å². The van der Waals surface area contributed by atoms with Crippen LogP contribution in [0.4, 0.5) is 4.79 Å². The summed E-state index contributed by atoms with van der Waals surface area (Å²) in [4.78, 5) is 10.3. The minimum atomic E-state index is -0.676. The first-order valence-electron chi connectivity index (χ1n) is 3.81. The third-order valence-electron chi connectivity index (χ3n) is 2.27. The van der Waals surface area contributed by atoms with Gasteiger partial charge in [0.1, 0.15) is 6.61 Å². The van der Waals surface area contributed by atoms with Gasteiger partial charge in [-0.3, -0.25) is 0 Å². The summed E-state index contributed by atoms with van der Waals surface area (Å²) in [6.45, 7) is 4.39. The van der Waals surface area contributed by atoms with Gasteiger partial charge in [0, 0.05) is 18.5 Å². The standard InChI is InChI=1S/C7H14N2O2/c1-2-7(3-9-4-7)5-11-6(8)10/h9H,2-5H2,1H3,(H2,8,10). The summed E-state index contributed by atoms with van der Waals surface area (Å²) in [6.07, 6.45) is 0.345. The molecule has 0 saturated carbocycles. The summed E-state index contributed by atoms with van der Waals surface area (Å²) in [7, 11) is 0. The lowest BCUT2D eigenvalue weighted by atomic mass is 9.80. The highest BCUT2D eigenvalue weighted by molar-refractivity contribution is 5.64. The van der Waals surface area contributed by atoms with Crippen molar-refractivity contribution in [2.75, 3.05) is 19.7 Å². The largest absolute Gasteiger partial charge is 0.449 e. The maximum atomic E-state index is 10.3. The molecule has 0 aromatic carbocycles. The molecule has 0 radical (unpaired) electrons. The fourth-order valence-electron chi connectivity index (χ4n) is 1.16. The molecule has 0 aromatic rings. The Balaban J connectivity index is 2.27. The van der Waals surface area contributed by atoms with E-state index in [0.29, 0.717) is 6.61 Å². The molecule has 1 rings (SSSR count). The topological polar surface area (TPSA) is 64.3 Å². The van der Waals surface area contributed by atoms with Crippen LogP contribution in [0.2, 0.25) is 0 Å². The highest BCUT2D eigenvalue weighted by atomic mass is 16.5. The molecule has 64 valence electrons. The number of carbonyl (C=O) groups is 1. The van der Waals surface area contributed by atoms with Gasteiger partial charge in [0.25, 0.3) is 0 Å². The second-order valence-electron chi connectivity index (χ2n) is 3.06. The number of nitrogens with one attached hydrogen (secondary N) is 1. The molecule has 3 N–H and O–H groups in total. The van der Waals surface area contributed by atoms with Gasteiger partial charge in [-0.05, 0) is 6.42 Å². The van der Waals surface area contributed by atoms with Crippen LogP contribution in [0.25, 0.3) is 0 Å². The van der Waals surface area contributed by atoms with Gasteiger partial charge in [0.2, 0.25) is 0 Å². The molecule has 1 aliphatic heterocycles. The SMILES string of the molecule is CCC1(COC(N)=O)CNC1. The number of hydrogen-bond donors (Lipinski definition) is 2. The summed E-state index contributed by atoms with van der Waals surface area (Å²) in [6, 6.07) is 0. The third kappa shape index (κ3) is 1.83.